The van der Waals surface area contributed by atoms with Crippen LogP contribution >= 0.6 is 0 Å². The van der Waals surface area contributed by atoms with E-state index in [9.17, 15) is 0 Å². The Balaban J connectivity index is 2.09. The fourth-order valence-corrected chi connectivity index (χ4v) is 2.66. The van der Waals surface area contributed by atoms with E-state index >= 15 is 0 Å². The van der Waals surface area contributed by atoms with E-state index in [1.165, 1.54) is 11.1 Å². The first-order chi connectivity index (χ1) is 10.1. The third kappa shape index (κ3) is 4.39. The molecule has 0 spiro atoms. The highest BCUT2D eigenvalue weighted by molar-refractivity contribution is 5.25. The van der Waals surface area contributed by atoms with Gasteiger partial charge in [0.2, 0.25) is 0 Å². The van der Waals surface area contributed by atoms with Crippen LogP contribution < -0.4 is 5.32 Å². The molecule has 0 saturated heterocycles. The average molecular weight is 286 g/mol. The third-order valence-electron chi connectivity index (χ3n) is 3.76. The van der Waals surface area contributed by atoms with Crippen molar-refractivity contribution in [2.24, 2.45) is 7.05 Å². The summed E-state index contributed by atoms with van der Waals surface area (Å²) in [6.07, 6.45) is 7.29. The van der Waals surface area contributed by atoms with Gasteiger partial charge in [0.05, 0.1) is 6.20 Å². The molecule has 0 aliphatic heterocycles. The lowest BCUT2D eigenvalue weighted by atomic mass is 9.98. The molecule has 2 aromatic heterocycles. The van der Waals surface area contributed by atoms with Gasteiger partial charge < -0.3 is 5.32 Å². The summed E-state index contributed by atoms with van der Waals surface area (Å²) in [6, 6.07) is 4.68. The van der Waals surface area contributed by atoms with E-state index in [4.69, 9.17) is 0 Å². The molecule has 0 bridgehead atoms. The maximum Gasteiger partial charge on any atom is 0.0521 e. The van der Waals surface area contributed by atoms with Gasteiger partial charge in [-0.05, 0) is 56.8 Å². The van der Waals surface area contributed by atoms with Crippen LogP contribution in [0.2, 0.25) is 0 Å². The van der Waals surface area contributed by atoms with E-state index in [-0.39, 0.29) is 0 Å². The molecule has 114 valence electrons. The van der Waals surface area contributed by atoms with Gasteiger partial charge in [0, 0.05) is 30.7 Å². The van der Waals surface area contributed by atoms with Gasteiger partial charge in [-0.2, -0.15) is 5.10 Å². The fraction of sp³-hybridized carbons (Fsp3) is 0.529. The van der Waals surface area contributed by atoms with Crippen LogP contribution in [0.4, 0.5) is 0 Å². The summed E-state index contributed by atoms with van der Waals surface area (Å²) in [5, 5.41) is 7.90. The van der Waals surface area contributed by atoms with E-state index in [1.54, 1.807) is 0 Å². The Bertz CT molecular complexity index is 574. The molecule has 4 heteroatoms. The smallest absolute Gasteiger partial charge is 0.0521 e. The van der Waals surface area contributed by atoms with Crippen molar-refractivity contribution in [1.29, 1.82) is 0 Å². The van der Waals surface area contributed by atoms with Crippen molar-refractivity contribution in [2.75, 3.05) is 6.54 Å². The Morgan fingerprint density at radius 2 is 2.10 bits per heavy atom. The number of hydrogen-bond acceptors (Lipinski definition) is 3. The predicted molar refractivity (Wildman–Crippen MR) is 86.3 cm³/mol. The van der Waals surface area contributed by atoms with Crippen molar-refractivity contribution in [3.63, 3.8) is 0 Å². The molecule has 0 aromatic carbocycles. The molecule has 0 saturated carbocycles. The zero-order valence-corrected chi connectivity index (χ0v) is 13.6. The molecular formula is C17H26N4. The van der Waals surface area contributed by atoms with Crippen LogP contribution in [-0.4, -0.2) is 21.3 Å². The lowest BCUT2D eigenvalue weighted by Crippen LogP contribution is -2.23. The maximum absolute atomic E-state index is 4.61. The standard InChI is InChI=1S/C17H26N4/c1-5-10-18-17(9-7-15-11-19-21(4)12-15)16-8-6-13(2)20-14(16)3/h6,8,11-12,17-18H,5,7,9-10H2,1-4H3. The summed E-state index contributed by atoms with van der Waals surface area (Å²) in [4.78, 5) is 4.61. The normalized spacial score (nSPS) is 12.6. The second-order valence-corrected chi connectivity index (χ2v) is 5.69. The molecule has 0 aliphatic rings. The Labute approximate surface area is 127 Å². The molecule has 2 rings (SSSR count). The van der Waals surface area contributed by atoms with Crippen molar-refractivity contribution < 1.29 is 0 Å². The van der Waals surface area contributed by atoms with E-state index in [1.807, 2.05) is 24.9 Å². The summed E-state index contributed by atoms with van der Waals surface area (Å²) < 4.78 is 1.86. The molecule has 0 aliphatic carbocycles. The summed E-state index contributed by atoms with van der Waals surface area (Å²) in [7, 11) is 1.96. The summed E-state index contributed by atoms with van der Waals surface area (Å²) in [5.41, 5.74) is 4.82. The minimum Gasteiger partial charge on any atom is -0.310 e. The summed E-state index contributed by atoms with van der Waals surface area (Å²) in [6.45, 7) is 7.38. The van der Waals surface area contributed by atoms with Crippen molar-refractivity contribution in [2.45, 2.75) is 46.1 Å². The van der Waals surface area contributed by atoms with Crippen molar-refractivity contribution in [1.82, 2.24) is 20.1 Å². The van der Waals surface area contributed by atoms with E-state index in [2.05, 4.69) is 47.6 Å². The Morgan fingerprint density at radius 3 is 2.71 bits per heavy atom. The number of nitrogens with zero attached hydrogens (tertiary/aromatic N) is 3. The highest BCUT2D eigenvalue weighted by atomic mass is 15.2. The SMILES string of the molecule is CCCNC(CCc1cnn(C)c1)c1ccc(C)nc1C. The molecular weight excluding hydrogens is 260 g/mol. The van der Waals surface area contributed by atoms with Crippen molar-refractivity contribution in [3.8, 4) is 0 Å². The van der Waals surface area contributed by atoms with E-state index < -0.39 is 0 Å². The molecule has 21 heavy (non-hydrogen) atoms. The number of aryl methyl sites for hydroxylation is 4. The highest BCUT2D eigenvalue weighted by Gasteiger charge is 2.14. The minimum atomic E-state index is 0.359. The number of hydrogen-bond donors (Lipinski definition) is 1. The van der Waals surface area contributed by atoms with Crippen molar-refractivity contribution >= 4 is 0 Å². The Kier molecular flexibility index (Phi) is 5.51. The van der Waals surface area contributed by atoms with E-state index in [0.717, 1.165) is 37.2 Å². The highest BCUT2D eigenvalue weighted by Crippen LogP contribution is 2.22. The molecule has 1 N–H and O–H groups in total. The van der Waals surface area contributed by atoms with Crippen LogP contribution in [0.5, 0.6) is 0 Å². The van der Waals surface area contributed by atoms with Crippen LogP contribution in [0.15, 0.2) is 24.5 Å². The lowest BCUT2D eigenvalue weighted by Gasteiger charge is -2.20. The molecule has 4 nitrogen and oxygen atoms in total. The van der Waals surface area contributed by atoms with Gasteiger partial charge in [-0.25, -0.2) is 0 Å². The maximum atomic E-state index is 4.61. The fourth-order valence-electron chi connectivity index (χ4n) is 2.66. The zero-order valence-electron chi connectivity index (χ0n) is 13.6. The summed E-state index contributed by atoms with van der Waals surface area (Å²) in [5.74, 6) is 0. The van der Waals surface area contributed by atoms with Gasteiger partial charge in [-0.15, -0.1) is 0 Å². The third-order valence-corrected chi connectivity index (χ3v) is 3.76. The van der Waals surface area contributed by atoms with Gasteiger partial charge in [0.15, 0.2) is 0 Å². The number of rotatable bonds is 7. The molecule has 1 atom stereocenters. The van der Waals surface area contributed by atoms with E-state index in [0.29, 0.717) is 6.04 Å². The molecule has 2 heterocycles. The largest absolute Gasteiger partial charge is 0.310 e. The first-order valence-electron chi connectivity index (χ1n) is 7.75. The Hall–Kier alpha value is -1.68. The minimum absolute atomic E-state index is 0.359. The second-order valence-electron chi connectivity index (χ2n) is 5.69. The second kappa shape index (κ2) is 7.36. The monoisotopic (exact) mass is 286 g/mol. The molecule has 0 fully saturated rings. The molecule has 1 unspecified atom stereocenters. The number of aromatic nitrogens is 3. The van der Waals surface area contributed by atoms with Gasteiger partial charge in [0.25, 0.3) is 0 Å². The zero-order chi connectivity index (χ0) is 15.2. The molecule has 0 amide bonds. The first kappa shape index (κ1) is 15.7. The number of nitrogens with one attached hydrogen (secondary N) is 1. The quantitative estimate of drug-likeness (QED) is 0.850. The van der Waals surface area contributed by atoms with Gasteiger partial charge in [0.1, 0.15) is 0 Å². The molecule has 0 radical (unpaired) electrons. The van der Waals surface area contributed by atoms with Crippen molar-refractivity contribution in [3.05, 3.63) is 47.0 Å². The van der Waals surface area contributed by atoms with Crippen LogP contribution in [0.25, 0.3) is 0 Å². The average Bonchev–Trinajstić information content (AvgIpc) is 2.86. The van der Waals surface area contributed by atoms with Crippen LogP contribution in [0, 0.1) is 13.8 Å². The lowest BCUT2D eigenvalue weighted by molar-refractivity contribution is 0.495. The van der Waals surface area contributed by atoms with Gasteiger partial charge in [-0.3, -0.25) is 9.67 Å². The predicted octanol–water partition coefficient (Wildman–Crippen LogP) is 3.11. The van der Waals surface area contributed by atoms with Crippen LogP contribution in [0.3, 0.4) is 0 Å². The van der Waals surface area contributed by atoms with Crippen LogP contribution in [-0.2, 0) is 13.5 Å². The number of pyridine rings is 1. The molecule has 2 aromatic rings. The first-order valence-corrected chi connectivity index (χ1v) is 7.75. The van der Waals surface area contributed by atoms with Gasteiger partial charge in [-0.1, -0.05) is 13.0 Å². The Morgan fingerprint density at radius 1 is 1.29 bits per heavy atom. The van der Waals surface area contributed by atoms with Gasteiger partial charge >= 0.3 is 0 Å². The summed E-state index contributed by atoms with van der Waals surface area (Å²) >= 11 is 0. The topological polar surface area (TPSA) is 42.7 Å². The van der Waals surface area contributed by atoms with Crippen LogP contribution in [0.1, 0.15) is 48.3 Å².